The predicted octanol–water partition coefficient (Wildman–Crippen LogP) is 2.10. The Morgan fingerprint density at radius 1 is 1.23 bits per heavy atom. The van der Waals surface area contributed by atoms with Crippen molar-refractivity contribution in [2.75, 3.05) is 32.5 Å². The zero-order valence-corrected chi connectivity index (χ0v) is 13.1. The number of nitrogens with one attached hydrogen (secondary N) is 1. The van der Waals surface area contributed by atoms with Crippen molar-refractivity contribution in [3.63, 3.8) is 0 Å². The fraction of sp³-hybridized carbons (Fsp3) is 0.312. The first-order valence-electron chi connectivity index (χ1n) is 7.28. The predicted molar refractivity (Wildman–Crippen MR) is 88.4 cm³/mol. The minimum absolute atomic E-state index is 0.825. The summed E-state index contributed by atoms with van der Waals surface area (Å²) in [5.74, 6) is 0. The van der Waals surface area contributed by atoms with E-state index in [1.165, 1.54) is 0 Å². The highest BCUT2D eigenvalue weighted by Gasteiger charge is 2.08. The third-order valence-corrected chi connectivity index (χ3v) is 3.54. The minimum atomic E-state index is 0.825. The van der Waals surface area contributed by atoms with Crippen LogP contribution >= 0.6 is 0 Å². The molecule has 3 aromatic rings. The molecule has 1 N–H and O–H groups in total. The molecule has 0 aliphatic heterocycles. The van der Waals surface area contributed by atoms with Gasteiger partial charge in [0.05, 0.1) is 17.3 Å². The van der Waals surface area contributed by atoms with E-state index in [0.29, 0.717) is 0 Å². The zero-order chi connectivity index (χ0) is 15.5. The Kier molecular flexibility index (Phi) is 4.02. The van der Waals surface area contributed by atoms with Crippen molar-refractivity contribution >= 4 is 16.7 Å². The van der Waals surface area contributed by atoms with E-state index in [-0.39, 0.29) is 0 Å². The lowest BCUT2D eigenvalue weighted by atomic mass is 10.1. The zero-order valence-electron chi connectivity index (χ0n) is 13.1. The molecule has 0 aliphatic carbocycles. The number of benzene rings is 1. The second kappa shape index (κ2) is 6.11. The number of hydrogen-bond donors (Lipinski definition) is 1. The van der Waals surface area contributed by atoms with Crippen molar-refractivity contribution in [3.8, 4) is 5.69 Å². The van der Waals surface area contributed by atoms with Crippen LogP contribution in [0.25, 0.3) is 16.7 Å². The van der Waals surface area contributed by atoms with E-state index in [4.69, 9.17) is 0 Å². The number of aryl methyl sites for hydroxylation is 1. The maximum absolute atomic E-state index is 4.43. The molecule has 2 aromatic heterocycles. The molecule has 114 valence electrons. The molecule has 0 radical (unpaired) electrons. The van der Waals surface area contributed by atoms with Crippen molar-refractivity contribution in [1.29, 1.82) is 0 Å². The first-order valence-corrected chi connectivity index (χ1v) is 7.28. The Balaban J connectivity index is 1.86. The highest BCUT2D eigenvalue weighted by atomic mass is 15.3. The Labute approximate surface area is 129 Å². The molecule has 3 rings (SSSR count). The van der Waals surface area contributed by atoms with E-state index >= 15 is 0 Å². The number of aromatic nitrogens is 4. The smallest absolute Gasteiger partial charge is 0.166 e. The van der Waals surface area contributed by atoms with E-state index in [9.17, 15) is 0 Å². The molecule has 0 bridgehead atoms. The van der Waals surface area contributed by atoms with Gasteiger partial charge in [0, 0.05) is 25.0 Å². The Morgan fingerprint density at radius 2 is 2.09 bits per heavy atom. The molecule has 0 amide bonds. The molecule has 0 fully saturated rings. The van der Waals surface area contributed by atoms with Gasteiger partial charge in [0.15, 0.2) is 5.65 Å². The largest absolute Gasteiger partial charge is 0.384 e. The Bertz CT molecular complexity index is 777. The van der Waals surface area contributed by atoms with Crippen LogP contribution in [0.3, 0.4) is 0 Å². The maximum atomic E-state index is 4.43. The first kappa shape index (κ1) is 14.5. The average Bonchev–Trinajstić information content (AvgIpc) is 2.91. The van der Waals surface area contributed by atoms with Crippen LogP contribution in [-0.2, 0) is 0 Å². The lowest BCUT2D eigenvalue weighted by molar-refractivity contribution is 0.425. The number of nitrogens with zero attached hydrogens (tertiary/aromatic N) is 5. The lowest BCUT2D eigenvalue weighted by Gasteiger charge is -2.13. The van der Waals surface area contributed by atoms with E-state index in [0.717, 1.165) is 41.1 Å². The Morgan fingerprint density at radius 3 is 2.86 bits per heavy atom. The minimum Gasteiger partial charge on any atom is -0.384 e. The molecule has 6 heteroatoms. The molecule has 2 heterocycles. The summed E-state index contributed by atoms with van der Waals surface area (Å²) >= 11 is 0. The molecule has 6 nitrogen and oxygen atoms in total. The van der Waals surface area contributed by atoms with Crippen molar-refractivity contribution in [2.24, 2.45) is 0 Å². The number of fused-ring (bicyclic) bond motifs is 1. The molecule has 0 atom stereocenters. The SMILES string of the molecule is Cc1cc(NCCN(C)C)ccc1-n1ncc2cncnc21. The fourth-order valence-corrected chi connectivity index (χ4v) is 2.38. The number of rotatable bonds is 5. The summed E-state index contributed by atoms with van der Waals surface area (Å²) < 4.78 is 1.86. The van der Waals surface area contributed by atoms with Crippen molar-refractivity contribution < 1.29 is 0 Å². The number of hydrogen-bond acceptors (Lipinski definition) is 5. The third-order valence-electron chi connectivity index (χ3n) is 3.54. The first-order chi connectivity index (χ1) is 10.6. The van der Waals surface area contributed by atoms with Gasteiger partial charge in [0.25, 0.3) is 0 Å². The fourth-order valence-electron chi connectivity index (χ4n) is 2.38. The molecule has 0 unspecified atom stereocenters. The normalized spacial score (nSPS) is 11.3. The standard InChI is InChI=1S/C16H20N6/c1-12-8-14(18-6-7-21(2)3)4-5-15(12)22-16-13(10-20-22)9-17-11-19-16/h4-5,8-11,18H,6-7H2,1-3H3. The van der Waals surface area contributed by atoms with Crippen LogP contribution in [0.2, 0.25) is 0 Å². The summed E-state index contributed by atoms with van der Waals surface area (Å²) in [6.07, 6.45) is 5.11. The maximum Gasteiger partial charge on any atom is 0.166 e. The molecular formula is C16H20N6. The Hall–Kier alpha value is -2.47. The van der Waals surface area contributed by atoms with Crippen LogP contribution in [0.15, 0.2) is 36.9 Å². The highest BCUT2D eigenvalue weighted by Crippen LogP contribution is 2.21. The molecular weight excluding hydrogens is 276 g/mol. The third kappa shape index (κ3) is 2.92. The van der Waals surface area contributed by atoms with Gasteiger partial charge in [-0.3, -0.25) is 0 Å². The van der Waals surface area contributed by atoms with Gasteiger partial charge < -0.3 is 10.2 Å². The quantitative estimate of drug-likeness (QED) is 0.781. The second-order valence-corrected chi connectivity index (χ2v) is 5.59. The number of likely N-dealkylation sites (N-methyl/N-ethyl adjacent to an activating group) is 1. The van der Waals surface area contributed by atoms with Crippen LogP contribution in [-0.4, -0.2) is 51.8 Å². The number of anilines is 1. The molecule has 0 spiro atoms. The van der Waals surface area contributed by atoms with Gasteiger partial charge in [-0.05, 0) is 44.8 Å². The summed E-state index contributed by atoms with van der Waals surface area (Å²) in [4.78, 5) is 10.5. The van der Waals surface area contributed by atoms with Gasteiger partial charge in [-0.15, -0.1) is 0 Å². The molecule has 22 heavy (non-hydrogen) atoms. The van der Waals surface area contributed by atoms with Gasteiger partial charge in [-0.2, -0.15) is 5.10 Å². The van der Waals surface area contributed by atoms with Crippen LogP contribution < -0.4 is 5.32 Å². The molecule has 0 saturated carbocycles. The summed E-state index contributed by atoms with van der Waals surface area (Å²) in [6.45, 7) is 4.01. The summed E-state index contributed by atoms with van der Waals surface area (Å²) in [5.41, 5.74) is 4.13. The highest BCUT2D eigenvalue weighted by molar-refractivity contribution is 5.75. The van der Waals surface area contributed by atoms with Gasteiger partial charge in [-0.25, -0.2) is 14.6 Å². The average molecular weight is 296 g/mol. The van der Waals surface area contributed by atoms with Crippen LogP contribution in [0.4, 0.5) is 5.69 Å². The summed E-state index contributed by atoms with van der Waals surface area (Å²) in [7, 11) is 4.14. The van der Waals surface area contributed by atoms with Crippen molar-refractivity contribution in [2.45, 2.75) is 6.92 Å². The van der Waals surface area contributed by atoms with E-state index in [2.05, 4.69) is 64.5 Å². The van der Waals surface area contributed by atoms with Crippen LogP contribution in [0, 0.1) is 6.92 Å². The molecule has 1 aromatic carbocycles. The topological polar surface area (TPSA) is 58.9 Å². The van der Waals surface area contributed by atoms with Gasteiger partial charge in [-0.1, -0.05) is 0 Å². The van der Waals surface area contributed by atoms with Crippen molar-refractivity contribution in [3.05, 3.63) is 42.5 Å². The summed E-state index contributed by atoms with van der Waals surface area (Å²) in [6, 6.07) is 6.29. The van der Waals surface area contributed by atoms with E-state index in [1.807, 2.05) is 4.68 Å². The van der Waals surface area contributed by atoms with Crippen molar-refractivity contribution in [1.82, 2.24) is 24.6 Å². The lowest BCUT2D eigenvalue weighted by Crippen LogP contribution is -2.20. The molecule has 0 aliphatic rings. The van der Waals surface area contributed by atoms with E-state index in [1.54, 1.807) is 18.7 Å². The van der Waals surface area contributed by atoms with Crippen LogP contribution in [0.1, 0.15) is 5.56 Å². The summed E-state index contributed by atoms with van der Waals surface area (Å²) in [5, 5.41) is 8.80. The van der Waals surface area contributed by atoms with Gasteiger partial charge >= 0.3 is 0 Å². The second-order valence-electron chi connectivity index (χ2n) is 5.59. The van der Waals surface area contributed by atoms with Gasteiger partial charge in [0.2, 0.25) is 0 Å². The van der Waals surface area contributed by atoms with Crippen LogP contribution in [0.5, 0.6) is 0 Å². The van der Waals surface area contributed by atoms with E-state index < -0.39 is 0 Å². The monoisotopic (exact) mass is 296 g/mol. The molecule has 0 saturated heterocycles. The van der Waals surface area contributed by atoms with Gasteiger partial charge in [0.1, 0.15) is 6.33 Å².